The molecular formula is C57H64Cl2F3N7O9S. The van der Waals surface area contributed by atoms with E-state index >= 15 is 0 Å². The summed E-state index contributed by atoms with van der Waals surface area (Å²) < 4.78 is 64.6. The molecule has 1 aliphatic carbocycles. The zero-order chi connectivity index (χ0) is 55.8. The fourth-order valence-corrected chi connectivity index (χ4v) is 10.8. The number of amides is 5. The van der Waals surface area contributed by atoms with Crippen LogP contribution in [0.15, 0.2) is 90.3 Å². The average Bonchev–Trinajstić information content (AvgIpc) is 4.35. The number of carbonyl (C=O) groups excluding carboxylic acids is 5. The van der Waals surface area contributed by atoms with Crippen molar-refractivity contribution >= 4 is 75.4 Å². The van der Waals surface area contributed by atoms with E-state index in [9.17, 15) is 37.1 Å². The molecule has 0 bridgehead atoms. The largest absolute Gasteiger partial charge is 0.454 e. The van der Waals surface area contributed by atoms with Gasteiger partial charge in [-0.1, -0.05) is 65.7 Å². The van der Waals surface area contributed by atoms with Crippen LogP contribution in [0.4, 0.5) is 24.5 Å². The summed E-state index contributed by atoms with van der Waals surface area (Å²) in [5.41, 5.74) is 9.46. The maximum absolute atomic E-state index is 14.3. The van der Waals surface area contributed by atoms with Crippen LogP contribution in [-0.2, 0) is 52.7 Å². The van der Waals surface area contributed by atoms with Gasteiger partial charge in [0.05, 0.1) is 62.6 Å². The van der Waals surface area contributed by atoms with Gasteiger partial charge in [-0.2, -0.15) is 0 Å². The number of nitrogens with two attached hydrogens (primary N) is 1. The van der Waals surface area contributed by atoms with E-state index < -0.39 is 47.3 Å². The van der Waals surface area contributed by atoms with Crippen molar-refractivity contribution < 1.29 is 56.1 Å². The number of carbonyl (C=O) groups is 5. The smallest absolute Gasteiger partial charge is 0.272 e. The molecule has 0 radical (unpaired) electrons. The number of anilines is 2. The summed E-state index contributed by atoms with van der Waals surface area (Å²) in [7, 11) is 0. The van der Waals surface area contributed by atoms with Crippen LogP contribution in [-0.4, -0.2) is 143 Å². The molecule has 4 N–H and O–H groups in total. The number of nitrogens with zero attached hydrogens (tertiary/aromatic N) is 4. The molecule has 16 nitrogen and oxygen atoms in total. The Hall–Kier alpha value is -6.26. The molecule has 8 rings (SSSR count). The van der Waals surface area contributed by atoms with Gasteiger partial charge in [-0.15, -0.1) is 11.3 Å². The quantitative estimate of drug-likeness (QED) is 0.0345. The molecule has 22 heteroatoms. The summed E-state index contributed by atoms with van der Waals surface area (Å²) in [6.07, 6.45) is 2.90. The SMILES string of the molecule is N[C@@H](CC(=O)N1CCCN(CC(=O)NCCOCCOCCOCCNC(=O)CCc2cc(Cl)c(Oc3ccsc3C(=O)N3CCN(C4CC4)c4ccccc43)cc2Cl)C(=O)C1Cc1ccccc1)Cc1cc(F)c(F)cc1F. The van der Waals surface area contributed by atoms with Gasteiger partial charge in [-0.3, -0.25) is 24.0 Å². The highest BCUT2D eigenvalue weighted by atomic mass is 35.5. The van der Waals surface area contributed by atoms with E-state index in [-0.39, 0.29) is 95.7 Å². The fraction of sp³-hybridized carbons (Fsp3) is 0.421. The third kappa shape index (κ3) is 16.4. The second-order valence-corrected chi connectivity index (χ2v) is 21.2. The van der Waals surface area contributed by atoms with Gasteiger partial charge in [0, 0.05) is 87.8 Å². The van der Waals surface area contributed by atoms with E-state index in [1.165, 1.54) is 34.0 Å². The van der Waals surface area contributed by atoms with Gasteiger partial charge < -0.3 is 54.9 Å². The van der Waals surface area contributed by atoms with Crippen LogP contribution in [0.25, 0.3) is 0 Å². The molecule has 5 amide bonds. The molecule has 3 aliphatic rings. The van der Waals surface area contributed by atoms with Crippen molar-refractivity contribution in [2.24, 2.45) is 5.73 Å². The second kappa shape index (κ2) is 28.8. The van der Waals surface area contributed by atoms with E-state index in [0.717, 1.165) is 29.5 Å². The number of para-hydroxylation sites is 2. The first kappa shape index (κ1) is 58.9. The van der Waals surface area contributed by atoms with E-state index in [4.69, 9.17) is 47.9 Å². The van der Waals surface area contributed by atoms with Crippen LogP contribution < -0.4 is 30.9 Å². The van der Waals surface area contributed by atoms with Crippen molar-refractivity contribution in [3.63, 3.8) is 0 Å². The molecule has 5 aromatic rings. The highest BCUT2D eigenvalue weighted by Gasteiger charge is 2.38. The van der Waals surface area contributed by atoms with Crippen LogP contribution in [0.1, 0.15) is 58.5 Å². The fourth-order valence-electron chi connectivity index (χ4n) is 9.56. The second-order valence-electron chi connectivity index (χ2n) is 19.4. The number of thiophene rings is 1. The number of benzene rings is 4. The van der Waals surface area contributed by atoms with Gasteiger partial charge in [0.15, 0.2) is 17.4 Å². The monoisotopic (exact) mass is 1150 g/mol. The number of nitrogens with one attached hydrogen (secondary N) is 2. The zero-order valence-corrected chi connectivity index (χ0v) is 45.9. The summed E-state index contributed by atoms with van der Waals surface area (Å²) in [5, 5.41) is 8.08. The summed E-state index contributed by atoms with van der Waals surface area (Å²) in [6, 6.07) is 22.0. The normalized spacial score (nSPS) is 15.9. The Morgan fingerprint density at radius 1 is 0.722 bits per heavy atom. The van der Waals surface area contributed by atoms with Gasteiger partial charge in [-0.05, 0) is 84.5 Å². The Morgan fingerprint density at radius 2 is 1.39 bits per heavy atom. The lowest BCUT2D eigenvalue weighted by Crippen LogP contribution is -2.52. The number of rotatable bonds is 27. The molecule has 1 saturated carbocycles. The Labute approximate surface area is 471 Å². The van der Waals surface area contributed by atoms with Gasteiger partial charge in [0.2, 0.25) is 23.6 Å². The Kier molecular flexibility index (Phi) is 21.4. The van der Waals surface area contributed by atoms with Crippen LogP contribution >= 0.6 is 34.5 Å². The van der Waals surface area contributed by atoms with E-state index in [1.807, 2.05) is 58.8 Å². The molecular weight excluding hydrogens is 1090 g/mol. The topological polar surface area (TPSA) is 185 Å². The molecule has 2 aliphatic heterocycles. The van der Waals surface area contributed by atoms with Crippen molar-refractivity contribution in [1.29, 1.82) is 0 Å². The van der Waals surface area contributed by atoms with Crippen LogP contribution in [0.2, 0.25) is 10.0 Å². The van der Waals surface area contributed by atoms with E-state index in [0.29, 0.717) is 83.2 Å². The summed E-state index contributed by atoms with van der Waals surface area (Å²) >= 11 is 14.6. The minimum Gasteiger partial charge on any atom is -0.454 e. The Balaban J connectivity index is 0.669. The first-order valence-electron chi connectivity index (χ1n) is 26.4. The van der Waals surface area contributed by atoms with Crippen molar-refractivity contribution in [3.05, 3.63) is 139 Å². The van der Waals surface area contributed by atoms with Crippen molar-refractivity contribution in [2.75, 3.05) is 95.3 Å². The molecule has 0 spiro atoms. The Morgan fingerprint density at radius 3 is 2.11 bits per heavy atom. The third-order valence-electron chi connectivity index (χ3n) is 13.7. The molecule has 3 heterocycles. The molecule has 4 aromatic carbocycles. The minimum atomic E-state index is -1.33. The molecule has 2 atom stereocenters. The van der Waals surface area contributed by atoms with Crippen molar-refractivity contribution in [3.8, 4) is 11.5 Å². The van der Waals surface area contributed by atoms with Gasteiger partial charge >= 0.3 is 0 Å². The molecule has 2 fully saturated rings. The summed E-state index contributed by atoms with van der Waals surface area (Å²) in [6.45, 7) is 3.60. The lowest BCUT2D eigenvalue weighted by Gasteiger charge is -2.37. The minimum absolute atomic E-state index is 0.143. The average molecular weight is 1150 g/mol. The highest BCUT2D eigenvalue weighted by molar-refractivity contribution is 7.12. The number of aryl methyl sites for hydroxylation is 1. The maximum atomic E-state index is 14.3. The van der Waals surface area contributed by atoms with Crippen LogP contribution in [0.5, 0.6) is 11.5 Å². The van der Waals surface area contributed by atoms with Gasteiger partial charge in [0.1, 0.15) is 22.5 Å². The summed E-state index contributed by atoms with van der Waals surface area (Å²) in [5.74, 6) is -4.44. The number of hydrogen-bond acceptors (Lipinski definition) is 12. The highest BCUT2D eigenvalue weighted by Crippen LogP contribution is 2.43. The lowest BCUT2D eigenvalue weighted by atomic mass is 10.00. The van der Waals surface area contributed by atoms with Crippen molar-refractivity contribution in [2.45, 2.75) is 69.5 Å². The first-order chi connectivity index (χ1) is 38.2. The maximum Gasteiger partial charge on any atom is 0.272 e. The number of hydrogen-bond donors (Lipinski definition) is 3. The molecule has 1 saturated heterocycles. The van der Waals surface area contributed by atoms with Crippen LogP contribution in [0, 0.1) is 17.5 Å². The lowest BCUT2D eigenvalue weighted by molar-refractivity contribution is -0.145. The molecule has 1 aromatic heterocycles. The first-order valence-corrected chi connectivity index (χ1v) is 28.1. The number of ether oxygens (including phenoxy) is 4. The Bertz CT molecular complexity index is 2920. The standard InChI is InChI=1S/C57H64Cl2F3N7O9S/c58-42-34-51(78-50-15-28-79-55(50)57(74)69-21-20-67(41-12-13-41)47-9-4-5-10-48(47)69)43(59)31-38(42)11-14-52(70)64-16-22-75-24-26-77-27-25-76-23-17-65-53(71)36-66-18-6-19-68(49(56(66)73)29-37-7-2-1-3-8-37)54(72)33-40(63)30-39-32-45(61)46(62)35-44(39)60/h1-5,7-10,15,28,31-32,34-35,40-41,49H,6,11-14,16-27,29-30,33,36,63H2,(H,64,70)(H,65,71)/t40-,49?/m1/s1. The van der Waals surface area contributed by atoms with E-state index in [1.54, 1.807) is 18.2 Å². The number of halogens is 5. The summed E-state index contributed by atoms with van der Waals surface area (Å²) in [4.78, 5) is 74.8. The van der Waals surface area contributed by atoms with Crippen LogP contribution in [0.3, 0.4) is 0 Å². The van der Waals surface area contributed by atoms with E-state index in [2.05, 4.69) is 21.6 Å². The molecule has 1 unspecified atom stereocenters. The number of fused-ring (bicyclic) bond motifs is 1. The molecule has 422 valence electrons. The van der Waals surface area contributed by atoms with Crippen molar-refractivity contribution in [1.82, 2.24) is 20.4 Å². The zero-order valence-electron chi connectivity index (χ0n) is 43.6. The predicted octanol–water partition coefficient (Wildman–Crippen LogP) is 7.74. The van der Waals surface area contributed by atoms with Gasteiger partial charge in [-0.25, -0.2) is 13.2 Å². The predicted molar refractivity (Wildman–Crippen MR) is 296 cm³/mol. The van der Waals surface area contributed by atoms with Gasteiger partial charge in [0.25, 0.3) is 5.91 Å². The third-order valence-corrected chi connectivity index (χ3v) is 15.2. The molecule has 79 heavy (non-hydrogen) atoms.